The maximum atomic E-state index is 12.9. The van der Waals surface area contributed by atoms with E-state index in [0.29, 0.717) is 23.5 Å². The second-order valence-corrected chi connectivity index (χ2v) is 7.45. The minimum atomic E-state index is -3.48. The van der Waals surface area contributed by atoms with Crippen molar-refractivity contribution in [2.45, 2.75) is 11.8 Å². The molecule has 5 nitrogen and oxygen atoms in total. The molecular formula is C15H19N3O2S. The van der Waals surface area contributed by atoms with E-state index < -0.39 is 10.0 Å². The van der Waals surface area contributed by atoms with Gasteiger partial charge in [-0.15, -0.1) is 0 Å². The lowest BCUT2D eigenvalue weighted by Crippen LogP contribution is -2.47. The van der Waals surface area contributed by atoms with E-state index in [9.17, 15) is 8.42 Å². The van der Waals surface area contributed by atoms with E-state index in [-0.39, 0.29) is 0 Å². The summed E-state index contributed by atoms with van der Waals surface area (Å²) in [5, 5.41) is 0.866. The maximum Gasteiger partial charge on any atom is 0.245 e. The van der Waals surface area contributed by atoms with Crippen LogP contribution in [0.4, 0.5) is 0 Å². The van der Waals surface area contributed by atoms with Crippen LogP contribution in [0, 0.1) is 6.92 Å². The molecule has 1 aliphatic heterocycles. The lowest BCUT2D eigenvalue weighted by atomic mass is 10.2. The first-order valence-electron chi connectivity index (χ1n) is 7.02. The molecule has 3 rings (SSSR count). The SMILES string of the molecule is Cc1cnc2c(S(=O)(=O)N3CCN(C)CC3)cccc2c1. The van der Waals surface area contributed by atoms with Gasteiger partial charge in [-0.1, -0.05) is 12.1 Å². The van der Waals surface area contributed by atoms with Crippen molar-refractivity contribution in [1.82, 2.24) is 14.2 Å². The van der Waals surface area contributed by atoms with E-state index in [4.69, 9.17) is 0 Å². The molecule has 0 unspecified atom stereocenters. The fourth-order valence-electron chi connectivity index (χ4n) is 2.62. The van der Waals surface area contributed by atoms with Crippen LogP contribution in [0.1, 0.15) is 5.56 Å². The van der Waals surface area contributed by atoms with Crippen molar-refractivity contribution in [2.24, 2.45) is 0 Å². The Hall–Kier alpha value is -1.50. The van der Waals surface area contributed by atoms with Crippen LogP contribution in [-0.4, -0.2) is 55.8 Å². The zero-order valence-corrected chi connectivity index (χ0v) is 13.1. The molecule has 0 N–H and O–H groups in total. The van der Waals surface area contributed by atoms with Crippen LogP contribution in [0.3, 0.4) is 0 Å². The molecule has 6 heteroatoms. The normalized spacial score (nSPS) is 18.2. The number of hydrogen-bond donors (Lipinski definition) is 0. The third-order valence-corrected chi connectivity index (χ3v) is 5.82. The van der Waals surface area contributed by atoms with Crippen LogP contribution in [0.15, 0.2) is 35.4 Å². The second-order valence-electron chi connectivity index (χ2n) is 5.55. The van der Waals surface area contributed by atoms with Crippen LogP contribution in [0.2, 0.25) is 0 Å². The summed E-state index contributed by atoms with van der Waals surface area (Å²) in [7, 11) is -1.47. The highest BCUT2D eigenvalue weighted by molar-refractivity contribution is 7.89. The van der Waals surface area contributed by atoms with Gasteiger partial charge in [0.15, 0.2) is 0 Å². The zero-order valence-electron chi connectivity index (χ0n) is 12.3. The second kappa shape index (κ2) is 5.36. The molecule has 21 heavy (non-hydrogen) atoms. The van der Waals surface area contributed by atoms with Crippen molar-refractivity contribution in [1.29, 1.82) is 0 Å². The third kappa shape index (κ3) is 2.66. The number of rotatable bonds is 2. The van der Waals surface area contributed by atoms with Gasteiger partial charge in [0.25, 0.3) is 0 Å². The van der Waals surface area contributed by atoms with Crippen molar-refractivity contribution in [2.75, 3.05) is 33.2 Å². The quantitative estimate of drug-likeness (QED) is 0.843. The Bertz CT molecular complexity index is 766. The number of piperazine rings is 1. The third-order valence-electron chi connectivity index (χ3n) is 3.89. The molecule has 0 aliphatic carbocycles. The van der Waals surface area contributed by atoms with Crippen LogP contribution in [0.5, 0.6) is 0 Å². The molecule has 1 saturated heterocycles. The molecule has 1 fully saturated rings. The van der Waals surface area contributed by atoms with E-state index >= 15 is 0 Å². The number of para-hydroxylation sites is 1. The van der Waals surface area contributed by atoms with Gasteiger partial charge >= 0.3 is 0 Å². The van der Waals surface area contributed by atoms with E-state index in [2.05, 4.69) is 9.88 Å². The number of aromatic nitrogens is 1. The van der Waals surface area contributed by atoms with Crippen molar-refractivity contribution in [3.8, 4) is 0 Å². The number of aryl methyl sites for hydroxylation is 1. The number of likely N-dealkylation sites (N-methyl/N-ethyl adjacent to an activating group) is 1. The Kier molecular flexibility index (Phi) is 3.69. The highest BCUT2D eigenvalue weighted by Crippen LogP contribution is 2.25. The predicted octanol–water partition coefficient (Wildman–Crippen LogP) is 1.48. The molecule has 2 heterocycles. The average molecular weight is 305 g/mol. The van der Waals surface area contributed by atoms with Crippen LogP contribution in [0.25, 0.3) is 10.9 Å². The van der Waals surface area contributed by atoms with Gasteiger partial charge in [-0.2, -0.15) is 4.31 Å². The summed E-state index contributed by atoms with van der Waals surface area (Å²) < 4.78 is 27.3. The monoisotopic (exact) mass is 305 g/mol. The summed E-state index contributed by atoms with van der Waals surface area (Å²) in [5.74, 6) is 0. The minimum absolute atomic E-state index is 0.310. The van der Waals surface area contributed by atoms with Crippen molar-refractivity contribution < 1.29 is 8.42 Å². The first kappa shape index (κ1) is 14.4. The summed E-state index contributed by atoms with van der Waals surface area (Å²) in [6, 6.07) is 7.30. The summed E-state index contributed by atoms with van der Waals surface area (Å²) in [6.07, 6.45) is 1.71. The number of sulfonamides is 1. The maximum absolute atomic E-state index is 12.9. The standard InChI is InChI=1S/C15H19N3O2S/c1-12-10-13-4-3-5-14(15(13)16-11-12)21(19,20)18-8-6-17(2)7-9-18/h3-5,10-11H,6-9H2,1-2H3. The summed E-state index contributed by atoms with van der Waals surface area (Å²) >= 11 is 0. The van der Waals surface area contributed by atoms with Gasteiger partial charge < -0.3 is 4.90 Å². The van der Waals surface area contributed by atoms with Crippen LogP contribution >= 0.6 is 0 Å². The topological polar surface area (TPSA) is 53.5 Å². The minimum Gasteiger partial charge on any atom is -0.304 e. The molecule has 1 aromatic carbocycles. The summed E-state index contributed by atoms with van der Waals surface area (Å²) in [5.41, 5.74) is 1.58. The van der Waals surface area contributed by atoms with E-state index in [1.54, 1.807) is 22.6 Å². The Morgan fingerprint density at radius 2 is 1.86 bits per heavy atom. The lowest BCUT2D eigenvalue weighted by molar-refractivity contribution is 0.222. The molecule has 0 saturated carbocycles. The van der Waals surface area contributed by atoms with Crippen molar-refractivity contribution >= 4 is 20.9 Å². The van der Waals surface area contributed by atoms with Gasteiger partial charge in [-0.25, -0.2) is 8.42 Å². The molecule has 1 aliphatic rings. The van der Waals surface area contributed by atoms with Gasteiger partial charge in [-0.3, -0.25) is 4.98 Å². The molecule has 0 bridgehead atoms. The fourth-order valence-corrected chi connectivity index (χ4v) is 4.21. The van der Waals surface area contributed by atoms with E-state index in [0.717, 1.165) is 24.0 Å². The van der Waals surface area contributed by atoms with Crippen molar-refractivity contribution in [3.05, 3.63) is 36.0 Å². The van der Waals surface area contributed by atoms with Gasteiger partial charge in [0.2, 0.25) is 10.0 Å². The van der Waals surface area contributed by atoms with E-state index in [1.807, 2.05) is 26.1 Å². The lowest BCUT2D eigenvalue weighted by Gasteiger charge is -2.31. The summed E-state index contributed by atoms with van der Waals surface area (Å²) in [4.78, 5) is 6.79. The Morgan fingerprint density at radius 1 is 1.14 bits per heavy atom. The molecule has 112 valence electrons. The Labute approximate surface area is 125 Å². The first-order valence-corrected chi connectivity index (χ1v) is 8.46. The first-order chi connectivity index (χ1) is 9.98. The number of nitrogens with zero attached hydrogens (tertiary/aromatic N) is 3. The number of fused-ring (bicyclic) bond motifs is 1. The number of pyridine rings is 1. The highest BCUT2D eigenvalue weighted by Gasteiger charge is 2.29. The summed E-state index contributed by atoms with van der Waals surface area (Å²) in [6.45, 7) is 4.53. The van der Waals surface area contributed by atoms with Gasteiger partial charge in [0.05, 0.1) is 5.52 Å². The highest BCUT2D eigenvalue weighted by atomic mass is 32.2. The van der Waals surface area contributed by atoms with Crippen LogP contribution < -0.4 is 0 Å². The molecular weight excluding hydrogens is 286 g/mol. The number of hydrogen-bond acceptors (Lipinski definition) is 4. The smallest absolute Gasteiger partial charge is 0.245 e. The predicted molar refractivity (Wildman–Crippen MR) is 82.7 cm³/mol. The van der Waals surface area contributed by atoms with Gasteiger partial charge in [0, 0.05) is 37.8 Å². The van der Waals surface area contributed by atoms with Gasteiger partial charge in [-0.05, 0) is 31.7 Å². The molecule has 0 amide bonds. The van der Waals surface area contributed by atoms with Gasteiger partial charge in [0.1, 0.15) is 4.90 Å². The largest absolute Gasteiger partial charge is 0.304 e. The van der Waals surface area contributed by atoms with Crippen molar-refractivity contribution in [3.63, 3.8) is 0 Å². The van der Waals surface area contributed by atoms with Crippen LogP contribution in [-0.2, 0) is 10.0 Å². The van der Waals surface area contributed by atoms with E-state index in [1.165, 1.54) is 0 Å². The average Bonchev–Trinajstić information content (AvgIpc) is 2.46. The molecule has 1 aromatic heterocycles. The molecule has 0 spiro atoms. The number of benzene rings is 1. The molecule has 0 atom stereocenters. The fraction of sp³-hybridized carbons (Fsp3) is 0.400. The molecule has 2 aromatic rings. The Morgan fingerprint density at radius 3 is 2.57 bits per heavy atom. The zero-order chi connectivity index (χ0) is 15.0. The molecule has 0 radical (unpaired) electrons. The Balaban J connectivity index is 2.07.